The van der Waals surface area contributed by atoms with Gasteiger partial charge < -0.3 is 4.90 Å². The molecule has 18 heavy (non-hydrogen) atoms. The highest BCUT2D eigenvalue weighted by atomic mass is 32.1. The number of carbonyl (C=O) groups excluding carboxylic acids is 1. The summed E-state index contributed by atoms with van der Waals surface area (Å²) in [6.45, 7) is 0.871. The van der Waals surface area contributed by atoms with Crippen LogP contribution in [-0.4, -0.2) is 17.4 Å². The van der Waals surface area contributed by atoms with Crippen molar-refractivity contribution >= 4 is 17.2 Å². The minimum absolute atomic E-state index is 0.159. The number of benzene rings is 1. The van der Waals surface area contributed by atoms with Crippen molar-refractivity contribution in [3.8, 4) is 0 Å². The first-order valence-electron chi connectivity index (χ1n) is 6.25. The summed E-state index contributed by atoms with van der Waals surface area (Å²) in [5.74, 6) is 0.159. The van der Waals surface area contributed by atoms with E-state index in [2.05, 4.69) is 17.5 Å². The summed E-state index contributed by atoms with van der Waals surface area (Å²) >= 11 is 1.74. The van der Waals surface area contributed by atoms with Crippen molar-refractivity contribution in [2.75, 3.05) is 6.54 Å². The molecule has 92 valence electrons. The van der Waals surface area contributed by atoms with Crippen LogP contribution in [0.15, 0.2) is 47.8 Å². The molecule has 1 aliphatic rings. The van der Waals surface area contributed by atoms with Crippen molar-refractivity contribution in [2.45, 2.75) is 18.9 Å². The molecule has 3 heteroatoms. The van der Waals surface area contributed by atoms with Crippen molar-refractivity contribution in [1.29, 1.82) is 0 Å². The Morgan fingerprint density at radius 2 is 2.00 bits per heavy atom. The molecule has 2 aromatic rings. The number of hydrogen-bond donors (Lipinski definition) is 0. The van der Waals surface area contributed by atoms with Gasteiger partial charge in [0, 0.05) is 17.0 Å². The van der Waals surface area contributed by atoms with Crippen LogP contribution in [0.1, 0.15) is 34.1 Å². The lowest BCUT2D eigenvalue weighted by Gasteiger charge is -2.24. The highest BCUT2D eigenvalue weighted by molar-refractivity contribution is 7.10. The van der Waals surface area contributed by atoms with Crippen LogP contribution in [0.3, 0.4) is 0 Å². The molecule has 1 atom stereocenters. The van der Waals surface area contributed by atoms with E-state index >= 15 is 0 Å². The van der Waals surface area contributed by atoms with Gasteiger partial charge in [0.05, 0.1) is 6.04 Å². The van der Waals surface area contributed by atoms with Gasteiger partial charge in [0.15, 0.2) is 0 Å². The third-order valence-electron chi connectivity index (χ3n) is 3.41. The lowest BCUT2D eigenvalue weighted by molar-refractivity contribution is 0.0738. The third-order valence-corrected chi connectivity index (χ3v) is 4.38. The van der Waals surface area contributed by atoms with E-state index in [1.807, 2.05) is 35.2 Å². The Hall–Kier alpha value is -1.61. The molecular formula is C15H15NOS. The number of amides is 1. The first-order chi connectivity index (χ1) is 8.86. The van der Waals surface area contributed by atoms with Crippen LogP contribution < -0.4 is 0 Å². The lowest BCUT2D eigenvalue weighted by atomic mass is 10.1. The minimum Gasteiger partial charge on any atom is -0.331 e. The predicted molar refractivity (Wildman–Crippen MR) is 73.8 cm³/mol. The average Bonchev–Trinajstić information content (AvgIpc) is 3.09. The molecule has 0 spiro atoms. The van der Waals surface area contributed by atoms with Gasteiger partial charge in [-0.2, -0.15) is 0 Å². The highest BCUT2D eigenvalue weighted by Crippen LogP contribution is 2.35. The number of rotatable bonds is 2. The van der Waals surface area contributed by atoms with Gasteiger partial charge in [0.1, 0.15) is 0 Å². The van der Waals surface area contributed by atoms with Crippen LogP contribution in [0.4, 0.5) is 0 Å². The van der Waals surface area contributed by atoms with E-state index in [9.17, 15) is 4.79 Å². The van der Waals surface area contributed by atoms with Gasteiger partial charge in [-0.05, 0) is 36.4 Å². The standard InChI is InChI=1S/C15H15NOS/c17-15(12-6-2-1-3-7-12)16-10-4-8-13(16)14-9-5-11-18-14/h1-3,5-7,9,11,13H,4,8,10H2/t13-/m1/s1. The fraction of sp³-hybridized carbons (Fsp3) is 0.267. The maximum Gasteiger partial charge on any atom is 0.254 e. The Morgan fingerprint density at radius 1 is 1.17 bits per heavy atom. The van der Waals surface area contributed by atoms with E-state index in [0.29, 0.717) is 0 Å². The molecule has 1 aromatic heterocycles. The molecule has 0 N–H and O–H groups in total. The topological polar surface area (TPSA) is 20.3 Å². The molecule has 2 nitrogen and oxygen atoms in total. The van der Waals surface area contributed by atoms with E-state index in [4.69, 9.17) is 0 Å². The van der Waals surface area contributed by atoms with Crippen LogP contribution in [0.2, 0.25) is 0 Å². The second-order valence-electron chi connectivity index (χ2n) is 4.54. The molecular weight excluding hydrogens is 242 g/mol. The van der Waals surface area contributed by atoms with E-state index < -0.39 is 0 Å². The monoisotopic (exact) mass is 257 g/mol. The maximum atomic E-state index is 12.5. The SMILES string of the molecule is O=C(c1ccccc1)N1CCC[C@@H]1c1cccs1. The van der Waals surface area contributed by atoms with Crippen LogP contribution in [-0.2, 0) is 0 Å². The van der Waals surface area contributed by atoms with Gasteiger partial charge in [-0.1, -0.05) is 24.3 Å². The van der Waals surface area contributed by atoms with Crippen LogP contribution >= 0.6 is 11.3 Å². The van der Waals surface area contributed by atoms with Crippen LogP contribution in [0, 0.1) is 0 Å². The van der Waals surface area contributed by atoms with Crippen molar-refractivity contribution in [3.63, 3.8) is 0 Å². The predicted octanol–water partition coefficient (Wildman–Crippen LogP) is 3.73. The summed E-state index contributed by atoms with van der Waals surface area (Å²) in [6, 6.07) is 14.0. The summed E-state index contributed by atoms with van der Waals surface area (Å²) in [6.07, 6.45) is 2.18. The van der Waals surface area contributed by atoms with Crippen molar-refractivity contribution in [3.05, 3.63) is 58.3 Å². The molecule has 3 rings (SSSR count). The molecule has 1 aromatic carbocycles. The number of thiophene rings is 1. The first kappa shape index (κ1) is 11.5. The molecule has 1 saturated heterocycles. The number of likely N-dealkylation sites (tertiary alicyclic amines) is 1. The average molecular weight is 257 g/mol. The van der Waals surface area contributed by atoms with Gasteiger partial charge in [0.25, 0.3) is 5.91 Å². The van der Waals surface area contributed by atoms with Crippen LogP contribution in [0.25, 0.3) is 0 Å². The number of hydrogen-bond acceptors (Lipinski definition) is 2. The highest BCUT2D eigenvalue weighted by Gasteiger charge is 2.30. The van der Waals surface area contributed by atoms with Crippen LogP contribution in [0.5, 0.6) is 0 Å². The summed E-state index contributed by atoms with van der Waals surface area (Å²) < 4.78 is 0. The quantitative estimate of drug-likeness (QED) is 0.803. The minimum atomic E-state index is 0.159. The molecule has 0 radical (unpaired) electrons. The van der Waals surface area contributed by atoms with Gasteiger partial charge in [-0.3, -0.25) is 4.79 Å². The smallest absolute Gasteiger partial charge is 0.254 e. The molecule has 1 aliphatic heterocycles. The third kappa shape index (κ3) is 2.06. The zero-order valence-electron chi connectivity index (χ0n) is 10.1. The van der Waals surface area contributed by atoms with Gasteiger partial charge >= 0.3 is 0 Å². The summed E-state index contributed by atoms with van der Waals surface area (Å²) in [5, 5.41) is 2.08. The second kappa shape index (κ2) is 4.94. The largest absolute Gasteiger partial charge is 0.331 e. The van der Waals surface area contributed by atoms with Gasteiger partial charge in [-0.15, -0.1) is 11.3 Å². The van der Waals surface area contributed by atoms with Crippen molar-refractivity contribution in [2.24, 2.45) is 0 Å². The molecule has 1 fully saturated rings. The first-order valence-corrected chi connectivity index (χ1v) is 7.13. The summed E-state index contributed by atoms with van der Waals surface area (Å²) in [7, 11) is 0. The van der Waals surface area contributed by atoms with E-state index in [1.165, 1.54) is 4.88 Å². The number of carbonyl (C=O) groups is 1. The normalized spacial score (nSPS) is 19.1. The molecule has 0 saturated carbocycles. The fourth-order valence-electron chi connectivity index (χ4n) is 2.53. The maximum absolute atomic E-state index is 12.5. The van der Waals surface area contributed by atoms with Gasteiger partial charge in [0.2, 0.25) is 0 Å². The van der Waals surface area contributed by atoms with Gasteiger partial charge in [-0.25, -0.2) is 0 Å². The fourth-order valence-corrected chi connectivity index (χ4v) is 3.41. The Labute approximate surface area is 111 Å². The second-order valence-corrected chi connectivity index (χ2v) is 5.52. The van der Waals surface area contributed by atoms with Crippen molar-refractivity contribution in [1.82, 2.24) is 4.90 Å². The zero-order chi connectivity index (χ0) is 12.4. The summed E-state index contributed by atoms with van der Waals surface area (Å²) in [5.41, 5.74) is 0.793. The molecule has 0 unspecified atom stereocenters. The summed E-state index contributed by atoms with van der Waals surface area (Å²) in [4.78, 5) is 15.8. The lowest BCUT2D eigenvalue weighted by Crippen LogP contribution is -2.30. The molecule has 0 bridgehead atoms. The van der Waals surface area contributed by atoms with E-state index in [1.54, 1.807) is 11.3 Å². The Bertz CT molecular complexity index is 521. The van der Waals surface area contributed by atoms with E-state index in [0.717, 1.165) is 24.9 Å². The zero-order valence-corrected chi connectivity index (χ0v) is 10.9. The number of nitrogens with zero attached hydrogens (tertiary/aromatic N) is 1. The molecule has 0 aliphatic carbocycles. The molecule has 1 amide bonds. The van der Waals surface area contributed by atoms with Crippen molar-refractivity contribution < 1.29 is 4.79 Å². The van der Waals surface area contributed by atoms with E-state index in [-0.39, 0.29) is 11.9 Å². The molecule has 2 heterocycles. The Morgan fingerprint density at radius 3 is 2.72 bits per heavy atom. The Balaban J connectivity index is 1.85. The Kier molecular flexibility index (Phi) is 3.15.